The molecule has 0 aliphatic rings. The molecular formula is C20H15F3N6O. The highest BCUT2D eigenvalue weighted by Crippen LogP contribution is 2.30. The predicted octanol–water partition coefficient (Wildman–Crippen LogP) is 3.63. The third-order valence-electron chi connectivity index (χ3n) is 3.65. The first kappa shape index (κ1) is 20.5. The van der Waals surface area contributed by atoms with Crippen LogP contribution in [0.1, 0.15) is 16.7 Å². The van der Waals surface area contributed by atoms with E-state index in [4.69, 9.17) is 5.73 Å². The summed E-state index contributed by atoms with van der Waals surface area (Å²) in [5.74, 6) is 5.93. The molecule has 1 aromatic heterocycles. The number of amides is 2. The number of rotatable bonds is 3. The molecule has 0 aliphatic heterocycles. The van der Waals surface area contributed by atoms with Gasteiger partial charge in [-0.25, -0.2) is 14.8 Å². The Balaban J connectivity index is 1.60. The van der Waals surface area contributed by atoms with E-state index in [2.05, 4.69) is 38.0 Å². The second-order valence-electron chi connectivity index (χ2n) is 5.94. The number of nitrogens with one attached hydrogen (secondary N) is 3. The molecule has 30 heavy (non-hydrogen) atoms. The van der Waals surface area contributed by atoms with E-state index >= 15 is 0 Å². The minimum absolute atomic E-state index is 0.0882. The highest BCUT2D eigenvalue weighted by Gasteiger charge is 2.30. The number of urea groups is 1. The largest absolute Gasteiger partial charge is 0.416 e. The first-order valence-corrected chi connectivity index (χ1v) is 8.49. The van der Waals surface area contributed by atoms with Crippen LogP contribution < -0.4 is 21.9 Å². The average Bonchev–Trinajstić information content (AvgIpc) is 2.72. The summed E-state index contributed by atoms with van der Waals surface area (Å²) in [6.07, 6.45) is -1.49. The number of alkyl halides is 3. The maximum Gasteiger partial charge on any atom is 0.416 e. The summed E-state index contributed by atoms with van der Waals surface area (Å²) in [6.45, 7) is 0. The van der Waals surface area contributed by atoms with Gasteiger partial charge in [0.1, 0.15) is 0 Å². The van der Waals surface area contributed by atoms with E-state index in [0.29, 0.717) is 16.8 Å². The monoisotopic (exact) mass is 412 g/mol. The smallest absolute Gasteiger partial charge is 0.368 e. The van der Waals surface area contributed by atoms with Crippen molar-refractivity contribution in [2.45, 2.75) is 6.18 Å². The van der Waals surface area contributed by atoms with Crippen molar-refractivity contribution in [3.05, 3.63) is 77.6 Å². The Kier molecular flexibility index (Phi) is 6.03. The standard InChI is InChI=1S/C20H15F3N6O/c21-20(22,23)15-4-2-6-17(10-15)28-29-19(30)27-16-5-1-3-13(9-16)7-8-14-11-25-18(24)26-12-14/h1-6,9-12,28H,(H2,24,25,26)(H2,27,29,30). The number of aromatic nitrogens is 2. The molecule has 0 saturated heterocycles. The number of nitrogens with zero attached hydrogens (tertiary/aromatic N) is 2. The van der Waals surface area contributed by atoms with Gasteiger partial charge >= 0.3 is 12.2 Å². The molecule has 0 bridgehead atoms. The van der Waals surface area contributed by atoms with Crippen molar-refractivity contribution in [2.75, 3.05) is 16.5 Å². The highest BCUT2D eigenvalue weighted by molar-refractivity contribution is 5.90. The van der Waals surface area contributed by atoms with Crippen LogP contribution in [0.5, 0.6) is 0 Å². The minimum Gasteiger partial charge on any atom is -0.368 e. The summed E-state index contributed by atoms with van der Waals surface area (Å²) in [7, 11) is 0. The fourth-order valence-electron chi connectivity index (χ4n) is 2.29. The summed E-state index contributed by atoms with van der Waals surface area (Å²) in [4.78, 5) is 19.7. The van der Waals surface area contributed by atoms with Crippen LogP contribution in [-0.2, 0) is 6.18 Å². The van der Waals surface area contributed by atoms with Gasteiger partial charge in [0.05, 0.1) is 16.8 Å². The first-order chi connectivity index (χ1) is 14.3. The van der Waals surface area contributed by atoms with Crippen molar-refractivity contribution in [3.8, 4) is 11.8 Å². The molecule has 10 heteroatoms. The second-order valence-corrected chi connectivity index (χ2v) is 5.94. The Morgan fingerprint density at radius 3 is 2.33 bits per heavy atom. The van der Waals surface area contributed by atoms with Crippen molar-refractivity contribution in [2.24, 2.45) is 0 Å². The molecule has 2 amide bonds. The van der Waals surface area contributed by atoms with Crippen LogP contribution in [0, 0.1) is 11.8 Å². The molecule has 0 unspecified atom stereocenters. The van der Waals surface area contributed by atoms with Crippen LogP contribution in [0.25, 0.3) is 0 Å². The summed E-state index contributed by atoms with van der Waals surface area (Å²) < 4.78 is 38.2. The van der Waals surface area contributed by atoms with Gasteiger partial charge in [0.25, 0.3) is 0 Å². The van der Waals surface area contributed by atoms with Crippen LogP contribution in [0.3, 0.4) is 0 Å². The molecule has 0 atom stereocenters. The third kappa shape index (κ3) is 5.87. The number of benzene rings is 2. The summed E-state index contributed by atoms with van der Waals surface area (Å²) in [5, 5.41) is 2.56. The van der Waals surface area contributed by atoms with Crippen LogP contribution in [-0.4, -0.2) is 16.0 Å². The Bertz CT molecular complexity index is 1100. The topological polar surface area (TPSA) is 105 Å². The van der Waals surface area contributed by atoms with E-state index in [1.54, 1.807) is 24.3 Å². The number of nitrogen functional groups attached to an aromatic ring is 1. The number of halogens is 3. The second kappa shape index (κ2) is 8.83. The fourth-order valence-corrected chi connectivity index (χ4v) is 2.29. The highest BCUT2D eigenvalue weighted by atomic mass is 19.4. The van der Waals surface area contributed by atoms with Gasteiger partial charge in [0.15, 0.2) is 0 Å². The zero-order chi connectivity index (χ0) is 21.6. The number of hydrogen-bond acceptors (Lipinski definition) is 5. The van der Waals surface area contributed by atoms with Gasteiger partial charge in [-0.2, -0.15) is 13.2 Å². The molecule has 2 aromatic carbocycles. The van der Waals surface area contributed by atoms with Gasteiger partial charge in [-0.05, 0) is 36.4 Å². The molecule has 0 aliphatic carbocycles. The number of carbonyl (C=O) groups is 1. The molecule has 1 heterocycles. The molecule has 5 N–H and O–H groups in total. The Labute approximate surface area is 169 Å². The fraction of sp³-hybridized carbons (Fsp3) is 0.0500. The number of hydrazine groups is 1. The molecule has 0 saturated carbocycles. The van der Waals surface area contributed by atoms with E-state index < -0.39 is 17.8 Å². The van der Waals surface area contributed by atoms with Crippen molar-refractivity contribution in [3.63, 3.8) is 0 Å². The summed E-state index contributed by atoms with van der Waals surface area (Å²) in [5.41, 5.74) is 11.0. The van der Waals surface area contributed by atoms with Gasteiger partial charge in [-0.1, -0.05) is 24.0 Å². The molecular weight excluding hydrogens is 397 g/mol. The van der Waals surface area contributed by atoms with Gasteiger partial charge in [-0.3, -0.25) is 10.9 Å². The molecule has 0 fully saturated rings. The van der Waals surface area contributed by atoms with Crippen LogP contribution in [0.4, 0.5) is 35.3 Å². The van der Waals surface area contributed by atoms with Crippen molar-refractivity contribution < 1.29 is 18.0 Å². The summed E-state index contributed by atoms with van der Waals surface area (Å²) in [6, 6.07) is 10.5. The lowest BCUT2D eigenvalue weighted by Gasteiger charge is -2.12. The number of nitrogens with two attached hydrogens (primary N) is 1. The molecule has 3 aromatic rings. The molecule has 3 rings (SSSR count). The maximum atomic E-state index is 12.7. The normalized spacial score (nSPS) is 10.5. The number of hydrogen-bond donors (Lipinski definition) is 4. The minimum atomic E-state index is -4.47. The summed E-state index contributed by atoms with van der Waals surface area (Å²) >= 11 is 0. The van der Waals surface area contributed by atoms with Crippen molar-refractivity contribution in [1.29, 1.82) is 0 Å². The van der Waals surface area contributed by atoms with Gasteiger partial charge in [0, 0.05) is 23.6 Å². The lowest BCUT2D eigenvalue weighted by atomic mass is 10.2. The maximum absolute atomic E-state index is 12.7. The molecule has 0 radical (unpaired) electrons. The van der Waals surface area contributed by atoms with E-state index in [-0.39, 0.29) is 11.6 Å². The lowest BCUT2D eigenvalue weighted by Crippen LogP contribution is -2.33. The Morgan fingerprint density at radius 1 is 0.933 bits per heavy atom. The number of carbonyl (C=O) groups excluding carboxylic acids is 1. The predicted molar refractivity (Wildman–Crippen MR) is 106 cm³/mol. The zero-order valence-electron chi connectivity index (χ0n) is 15.3. The average molecular weight is 412 g/mol. The van der Waals surface area contributed by atoms with Gasteiger partial charge in [-0.15, -0.1) is 0 Å². The van der Waals surface area contributed by atoms with E-state index in [1.807, 2.05) is 0 Å². The molecule has 0 spiro atoms. The van der Waals surface area contributed by atoms with Crippen molar-refractivity contribution in [1.82, 2.24) is 15.4 Å². The van der Waals surface area contributed by atoms with E-state index in [0.717, 1.165) is 12.1 Å². The third-order valence-corrected chi connectivity index (χ3v) is 3.65. The van der Waals surface area contributed by atoms with Crippen molar-refractivity contribution >= 4 is 23.4 Å². The van der Waals surface area contributed by atoms with Crippen LogP contribution in [0.2, 0.25) is 0 Å². The molecule has 7 nitrogen and oxygen atoms in total. The van der Waals surface area contributed by atoms with Crippen LogP contribution in [0.15, 0.2) is 60.9 Å². The number of anilines is 3. The van der Waals surface area contributed by atoms with Gasteiger partial charge < -0.3 is 11.1 Å². The van der Waals surface area contributed by atoms with E-state index in [9.17, 15) is 18.0 Å². The Morgan fingerprint density at radius 2 is 1.60 bits per heavy atom. The zero-order valence-corrected chi connectivity index (χ0v) is 15.3. The van der Waals surface area contributed by atoms with E-state index in [1.165, 1.54) is 24.5 Å². The lowest BCUT2D eigenvalue weighted by molar-refractivity contribution is -0.137. The first-order valence-electron chi connectivity index (χ1n) is 8.49. The Hall–Kier alpha value is -4.26. The quantitative estimate of drug-likeness (QED) is 0.389. The van der Waals surface area contributed by atoms with Gasteiger partial charge in [0.2, 0.25) is 5.95 Å². The molecule has 152 valence electrons. The van der Waals surface area contributed by atoms with Crippen LogP contribution >= 0.6 is 0 Å². The SMILES string of the molecule is Nc1ncc(C#Cc2cccc(NC(=O)NNc3cccc(C(F)(F)F)c3)c2)cn1.